The van der Waals surface area contributed by atoms with Crippen molar-refractivity contribution < 1.29 is 4.74 Å². The van der Waals surface area contributed by atoms with Crippen LogP contribution in [0, 0.1) is 13.8 Å². The van der Waals surface area contributed by atoms with E-state index in [0.717, 1.165) is 18.7 Å². The lowest BCUT2D eigenvalue weighted by molar-refractivity contribution is 0.154. The number of rotatable bonds is 3. The van der Waals surface area contributed by atoms with Crippen LogP contribution in [0.2, 0.25) is 0 Å². The molecule has 0 aliphatic carbocycles. The van der Waals surface area contributed by atoms with Crippen molar-refractivity contribution in [2.45, 2.75) is 39.3 Å². The van der Waals surface area contributed by atoms with E-state index in [1.165, 1.54) is 21.6 Å². The van der Waals surface area contributed by atoms with Gasteiger partial charge in [0.15, 0.2) is 0 Å². The smallest absolute Gasteiger partial charge is 0.135 e. The summed E-state index contributed by atoms with van der Waals surface area (Å²) in [5.74, 6) is 1.03. The van der Waals surface area contributed by atoms with Crippen molar-refractivity contribution in [3.05, 3.63) is 51.2 Å². The van der Waals surface area contributed by atoms with Crippen LogP contribution in [0.4, 0.5) is 0 Å². The number of nitrogens with one attached hydrogen (secondary N) is 1. The Labute approximate surface area is 124 Å². The molecule has 20 heavy (non-hydrogen) atoms. The number of hydrogen-bond donors (Lipinski definition) is 1. The van der Waals surface area contributed by atoms with Crippen molar-refractivity contribution >= 4 is 11.3 Å². The standard InChI is InChI=1S/C17H21NOS/c1-4-18-14-10-16(17-12(3)7-8-20-17)19-15-6-5-11(2)9-13(14)15/h5-9,14,16,18H,4,10H2,1-3H3. The SMILES string of the molecule is CCNC1CC(c2sccc2C)Oc2ccc(C)cc21. The van der Waals surface area contributed by atoms with E-state index in [-0.39, 0.29) is 6.10 Å². The summed E-state index contributed by atoms with van der Waals surface area (Å²) < 4.78 is 6.26. The van der Waals surface area contributed by atoms with Gasteiger partial charge in [-0.15, -0.1) is 11.3 Å². The highest BCUT2D eigenvalue weighted by Crippen LogP contribution is 2.43. The maximum atomic E-state index is 6.26. The molecule has 2 heterocycles. The first-order valence-corrected chi connectivity index (χ1v) is 8.11. The fraction of sp³-hybridized carbons (Fsp3) is 0.412. The molecule has 2 aromatic rings. The molecule has 0 radical (unpaired) electrons. The molecule has 2 unspecified atom stereocenters. The van der Waals surface area contributed by atoms with Crippen molar-refractivity contribution in [1.29, 1.82) is 0 Å². The Morgan fingerprint density at radius 2 is 2.15 bits per heavy atom. The Hall–Kier alpha value is -1.32. The molecule has 1 aliphatic heterocycles. The van der Waals surface area contributed by atoms with E-state index in [2.05, 4.69) is 55.7 Å². The largest absolute Gasteiger partial charge is 0.484 e. The molecule has 1 aromatic heterocycles. The van der Waals surface area contributed by atoms with E-state index in [1.807, 2.05) is 0 Å². The molecular formula is C17H21NOS. The van der Waals surface area contributed by atoms with Gasteiger partial charge in [-0.25, -0.2) is 0 Å². The second-order valence-electron chi connectivity index (χ2n) is 5.46. The topological polar surface area (TPSA) is 21.3 Å². The van der Waals surface area contributed by atoms with Crippen molar-refractivity contribution in [3.63, 3.8) is 0 Å². The minimum atomic E-state index is 0.175. The zero-order valence-electron chi connectivity index (χ0n) is 12.3. The molecule has 3 heteroatoms. The van der Waals surface area contributed by atoms with Crippen LogP contribution >= 0.6 is 11.3 Å². The first kappa shape index (κ1) is 13.7. The van der Waals surface area contributed by atoms with Gasteiger partial charge >= 0.3 is 0 Å². The van der Waals surface area contributed by atoms with Crippen molar-refractivity contribution in [1.82, 2.24) is 5.32 Å². The summed E-state index contributed by atoms with van der Waals surface area (Å²) in [5.41, 5.74) is 3.93. The second-order valence-corrected chi connectivity index (χ2v) is 6.41. The molecular weight excluding hydrogens is 266 g/mol. The lowest BCUT2D eigenvalue weighted by atomic mass is 9.93. The number of thiophene rings is 1. The summed E-state index contributed by atoms with van der Waals surface area (Å²) in [6.45, 7) is 7.45. The van der Waals surface area contributed by atoms with Gasteiger partial charge in [-0.2, -0.15) is 0 Å². The molecule has 0 spiro atoms. The lowest BCUT2D eigenvalue weighted by Crippen LogP contribution is -2.29. The third-order valence-electron chi connectivity index (χ3n) is 3.90. The minimum absolute atomic E-state index is 0.175. The molecule has 0 saturated heterocycles. The summed E-state index contributed by atoms with van der Waals surface area (Å²) in [6, 6.07) is 9.06. The summed E-state index contributed by atoms with van der Waals surface area (Å²) in [7, 11) is 0. The van der Waals surface area contributed by atoms with Gasteiger partial charge in [0, 0.05) is 22.9 Å². The minimum Gasteiger partial charge on any atom is -0.484 e. The predicted molar refractivity (Wildman–Crippen MR) is 84.6 cm³/mol. The number of fused-ring (bicyclic) bond motifs is 1. The van der Waals surface area contributed by atoms with E-state index in [0.29, 0.717) is 6.04 Å². The van der Waals surface area contributed by atoms with Crippen molar-refractivity contribution in [2.24, 2.45) is 0 Å². The van der Waals surface area contributed by atoms with E-state index in [4.69, 9.17) is 4.74 Å². The first-order chi connectivity index (χ1) is 9.69. The van der Waals surface area contributed by atoms with Crippen LogP contribution in [0.5, 0.6) is 5.75 Å². The van der Waals surface area contributed by atoms with Gasteiger partial charge in [0.05, 0.1) is 0 Å². The summed E-state index contributed by atoms with van der Waals surface area (Å²) >= 11 is 1.80. The van der Waals surface area contributed by atoms with Crippen LogP contribution in [-0.4, -0.2) is 6.54 Å². The summed E-state index contributed by atoms with van der Waals surface area (Å²) in [4.78, 5) is 1.36. The first-order valence-electron chi connectivity index (χ1n) is 7.23. The number of hydrogen-bond acceptors (Lipinski definition) is 3. The average Bonchev–Trinajstić information content (AvgIpc) is 2.85. The summed E-state index contributed by atoms with van der Waals surface area (Å²) in [5, 5.41) is 5.76. The molecule has 1 aliphatic rings. The Morgan fingerprint density at radius 1 is 1.30 bits per heavy atom. The molecule has 3 rings (SSSR count). The van der Waals surface area contributed by atoms with E-state index >= 15 is 0 Å². The third kappa shape index (κ3) is 2.48. The summed E-state index contributed by atoms with van der Waals surface area (Å²) in [6.07, 6.45) is 1.18. The van der Waals surface area contributed by atoms with E-state index in [1.54, 1.807) is 11.3 Å². The zero-order valence-corrected chi connectivity index (χ0v) is 13.1. The van der Waals surface area contributed by atoms with Crippen molar-refractivity contribution in [2.75, 3.05) is 6.54 Å². The predicted octanol–water partition coefficient (Wildman–Crippen LogP) is 4.54. The average molecular weight is 287 g/mol. The maximum absolute atomic E-state index is 6.26. The Morgan fingerprint density at radius 3 is 2.85 bits per heavy atom. The van der Waals surface area contributed by atoms with Gasteiger partial charge in [0.2, 0.25) is 0 Å². The van der Waals surface area contributed by atoms with Gasteiger partial charge in [0.25, 0.3) is 0 Å². The molecule has 0 amide bonds. The van der Waals surface area contributed by atoms with Gasteiger partial charge in [-0.3, -0.25) is 0 Å². The number of aryl methyl sites for hydroxylation is 2. The van der Waals surface area contributed by atoms with Crippen LogP contribution in [-0.2, 0) is 0 Å². The highest BCUT2D eigenvalue weighted by Gasteiger charge is 2.30. The third-order valence-corrected chi connectivity index (χ3v) is 5.02. The lowest BCUT2D eigenvalue weighted by Gasteiger charge is -2.33. The normalized spacial score (nSPS) is 21.4. The Kier molecular flexibility index (Phi) is 3.81. The fourth-order valence-corrected chi connectivity index (χ4v) is 3.87. The van der Waals surface area contributed by atoms with Gasteiger partial charge in [-0.1, -0.05) is 24.6 Å². The van der Waals surface area contributed by atoms with Crippen LogP contribution in [0.25, 0.3) is 0 Å². The Bertz CT molecular complexity index is 605. The molecule has 106 valence electrons. The molecule has 0 bridgehead atoms. The van der Waals surface area contributed by atoms with Crippen LogP contribution in [0.3, 0.4) is 0 Å². The van der Waals surface area contributed by atoms with Gasteiger partial charge in [0.1, 0.15) is 11.9 Å². The van der Waals surface area contributed by atoms with Crippen LogP contribution < -0.4 is 10.1 Å². The van der Waals surface area contributed by atoms with E-state index in [9.17, 15) is 0 Å². The molecule has 2 nitrogen and oxygen atoms in total. The monoisotopic (exact) mass is 287 g/mol. The van der Waals surface area contributed by atoms with Crippen LogP contribution in [0.1, 0.15) is 47.1 Å². The zero-order chi connectivity index (χ0) is 14.1. The van der Waals surface area contributed by atoms with Crippen LogP contribution in [0.15, 0.2) is 29.6 Å². The molecule has 2 atom stereocenters. The number of ether oxygens (including phenoxy) is 1. The Balaban J connectivity index is 1.96. The second kappa shape index (κ2) is 5.58. The molecule has 1 N–H and O–H groups in total. The number of benzene rings is 1. The highest BCUT2D eigenvalue weighted by molar-refractivity contribution is 7.10. The highest BCUT2D eigenvalue weighted by atomic mass is 32.1. The molecule has 0 fully saturated rings. The molecule has 0 saturated carbocycles. The van der Waals surface area contributed by atoms with E-state index < -0.39 is 0 Å². The quantitative estimate of drug-likeness (QED) is 0.895. The van der Waals surface area contributed by atoms with Crippen molar-refractivity contribution in [3.8, 4) is 5.75 Å². The molecule has 1 aromatic carbocycles. The fourth-order valence-electron chi connectivity index (χ4n) is 2.90. The van der Waals surface area contributed by atoms with Gasteiger partial charge < -0.3 is 10.1 Å². The van der Waals surface area contributed by atoms with Gasteiger partial charge in [-0.05, 0) is 43.5 Å². The maximum Gasteiger partial charge on any atom is 0.135 e.